The second-order valence-electron chi connectivity index (χ2n) is 2.94. The molecule has 1 atom stereocenters. The lowest BCUT2D eigenvalue weighted by Crippen LogP contribution is -1.99. The van der Waals surface area contributed by atoms with Gasteiger partial charge in [0.15, 0.2) is 0 Å². The fourth-order valence-electron chi connectivity index (χ4n) is 1.31. The van der Waals surface area contributed by atoms with Crippen molar-refractivity contribution in [3.8, 4) is 5.75 Å². The minimum Gasteiger partial charge on any atom is -0.497 e. The molecule has 2 nitrogen and oxygen atoms in total. The van der Waals surface area contributed by atoms with Crippen molar-refractivity contribution >= 4 is 28.4 Å². The zero-order chi connectivity index (χ0) is 9.97. The van der Waals surface area contributed by atoms with Gasteiger partial charge in [0, 0.05) is 5.75 Å². The van der Waals surface area contributed by atoms with E-state index < -0.39 is 0 Å². The maximum atomic E-state index is 5.47. The third kappa shape index (κ3) is 2.01. The maximum absolute atomic E-state index is 5.47. The zero-order valence-corrected chi connectivity index (χ0v) is 9.36. The van der Waals surface area contributed by atoms with Gasteiger partial charge in [0.2, 0.25) is 4.38 Å². The van der Waals surface area contributed by atoms with E-state index in [4.69, 9.17) is 21.7 Å². The molecule has 0 radical (unpaired) electrons. The Morgan fingerprint density at radius 3 is 2.64 bits per heavy atom. The summed E-state index contributed by atoms with van der Waals surface area (Å²) in [7, 11) is 1.66. The molecular formula is C10H10O2S2. The van der Waals surface area contributed by atoms with E-state index in [0.717, 1.165) is 17.1 Å². The minimum absolute atomic E-state index is 0.110. The van der Waals surface area contributed by atoms with Crippen LogP contribution >= 0.6 is 24.0 Å². The molecule has 1 unspecified atom stereocenters. The van der Waals surface area contributed by atoms with Crippen LogP contribution < -0.4 is 4.74 Å². The molecule has 0 saturated carbocycles. The normalized spacial score (nSPS) is 20.6. The summed E-state index contributed by atoms with van der Waals surface area (Å²) in [6.07, 6.45) is 0.110. The monoisotopic (exact) mass is 226 g/mol. The van der Waals surface area contributed by atoms with Crippen molar-refractivity contribution in [3.63, 3.8) is 0 Å². The van der Waals surface area contributed by atoms with Gasteiger partial charge in [-0.15, -0.1) is 0 Å². The van der Waals surface area contributed by atoms with Gasteiger partial charge in [-0.3, -0.25) is 0 Å². The summed E-state index contributed by atoms with van der Waals surface area (Å²) in [5.41, 5.74) is 1.15. The third-order valence-electron chi connectivity index (χ3n) is 2.08. The highest BCUT2D eigenvalue weighted by molar-refractivity contribution is 8.22. The van der Waals surface area contributed by atoms with Crippen LogP contribution in [0.15, 0.2) is 24.3 Å². The molecule has 1 heterocycles. The van der Waals surface area contributed by atoms with Crippen LogP contribution in [0.4, 0.5) is 0 Å². The van der Waals surface area contributed by atoms with Crippen LogP contribution in [-0.2, 0) is 4.74 Å². The van der Waals surface area contributed by atoms with Gasteiger partial charge in [0.25, 0.3) is 0 Å². The van der Waals surface area contributed by atoms with E-state index in [-0.39, 0.29) is 6.10 Å². The van der Waals surface area contributed by atoms with Crippen LogP contribution in [0.1, 0.15) is 11.7 Å². The fraction of sp³-hybridized carbons (Fsp3) is 0.300. The van der Waals surface area contributed by atoms with Gasteiger partial charge in [0.1, 0.15) is 11.9 Å². The Labute approximate surface area is 92.6 Å². The quantitative estimate of drug-likeness (QED) is 0.721. The average molecular weight is 226 g/mol. The van der Waals surface area contributed by atoms with Gasteiger partial charge in [-0.2, -0.15) is 0 Å². The fourth-order valence-corrected chi connectivity index (χ4v) is 2.36. The topological polar surface area (TPSA) is 18.5 Å². The van der Waals surface area contributed by atoms with Crippen LogP contribution in [0.2, 0.25) is 0 Å². The van der Waals surface area contributed by atoms with Gasteiger partial charge >= 0.3 is 0 Å². The summed E-state index contributed by atoms with van der Waals surface area (Å²) >= 11 is 6.55. The Morgan fingerprint density at radius 2 is 2.14 bits per heavy atom. The first-order valence-electron chi connectivity index (χ1n) is 4.27. The molecule has 0 bridgehead atoms. The van der Waals surface area contributed by atoms with Crippen LogP contribution in [0.3, 0.4) is 0 Å². The number of methoxy groups -OCH3 is 1. The highest BCUT2D eigenvalue weighted by Crippen LogP contribution is 2.32. The van der Waals surface area contributed by atoms with Gasteiger partial charge in [-0.1, -0.05) is 23.9 Å². The van der Waals surface area contributed by atoms with E-state index in [1.54, 1.807) is 18.9 Å². The summed E-state index contributed by atoms with van der Waals surface area (Å²) < 4.78 is 11.2. The second kappa shape index (κ2) is 4.19. The van der Waals surface area contributed by atoms with Gasteiger partial charge < -0.3 is 9.47 Å². The predicted octanol–water partition coefficient (Wildman–Crippen LogP) is 2.78. The third-order valence-corrected chi connectivity index (χ3v) is 3.33. The number of hydrogen-bond donors (Lipinski definition) is 0. The number of hydrogen-bond acceptors (Lipinski definition) is 4. The molecule has 1 aromatic carbocycles. The molecule has 14 heavy (non-hydrogen) atoms. The Balaban J connectivity index is 2.13. The Kier molecular flexibility index (Phi) is 2.93. The summed E-state index contributed by atoms with van der Waals surface area (Å²) in [4.78, 5) is 0. The lowest BCUT2D eigenvalue weighted by molar-refractivity contribution is 0.242. The van der Waals surface area contributed by atoms with E-state index in [2.05, 4.69) is 0 Å². The molecule has 1 saturated heterocycles. The first-order chi connectivity index (χ1) is 6.79. The Morgan fingerprint density at radius 1 is 1.43 bits per heavy atom. The van der Waals surface area contributed by atoms with Gasteiger partial charge in [-0.05, 0) is 29.9 Å². The first-order valence-corrected chi connectivity index (χ1v) is 5.66. The SMILES string of the molecule is COc1ccc(C2CSC(=S)O2)cc1. The van der Waals surface area contributed by atoms with Crippen LogP contribution in [0.25, 0.3) is 0 Å². The highest BCUT2D eigenvalue weighted by Gasteiger charge is 2.22. The van der Waals surface area contributed by atoms with Crippen molar-refractivity contribution in [2.24, 2.45) is 0 Å². The van der Waals surface area contributed by atoms with Crippen molar-refractivity contribution in [1.29, 1.82) is 0 Å². The number of benzene rings is 1. The van der Waals surface area contributed by atoms with Crippen molar-refractivity contribution < 1.29 is 9.47 Å². The molecular weight excluding hydrogens is 216 g/mol. The minimum atomic E-state index is 0.110. The standard InChI is InChI=1S/C10H10O2S2/c1-11-8-4-2-7(3-5-8)9-6-14-10(13)12-9/h2-5,9H,6H2,1H3. The predicted molar refractivity (Wildman–Crippen MR) is 61.9 cm³/mol. The van der Waals surface area contributed by atoms with Gasteiger partial charge in [-0.25, -0.2) is 0 Å². The van der Waals surface area contributed by atoms with Crippen LogP contribution in [-0.4, -0.2) is 17.2 Å². The molecule has 0 N–H and O–H groups in total. The summed E-state index contributed by atoms with van der Waals surface area (Å²) in [6, 6.07) is 7.89. The molecule has 1 aliphatic heterocycles. The first kappa shape index (κ1) is 9.80. The Hall–Kier alpha value is -0.740. The molecule has 74 valence electrons. The van der Waals surface area contributed by atoms with Crippen molar-refractivity contribution in [2.45, 2.75) is 6.10 Å². The van der Waals surface area contributed by atoms with Crippen LogP contribution in [0, 0.1) is 0 Å². The van der Waals surface area contributed by atoms with E-state index in [9.17, 15) is 0 Å². The molecule has 4 heteroatoms. The largest absolute Gasteiger partial charge is 0.497 e. The average Bonchev–Trinajstić information content (AvgIpc) is 2.65. The zero-order valence-electron chi connectivity index (χ0n) is 7.73. The van der Waals surface area contributed by atoms with Crippen molar-refractivity contribution in [1.82, 2.24) is 0 Å². The maximum Gasteiger partial charge on any atom is 0.220 e. The lowest BCUT2D eigenvalue weighted by atomic mass is 10.1. The number of rotatable bonds is 2. The van der Waals surface area contributed by atoms with E-state index in [1.165, 1.54) is 0 Å². The smallest absolute Gasteiger partial charge is 0.220 e. The summed E-state index contributed by atoms with van der Waals surface area (Å²) in [6.45, 7) is 0. The van der Waals surface area contributed by atoms with Crippen molar-refractivity contribution in [2.75, 3.05) is 12.9 Å². The molecule has 1 aromatic rings. The second-order valence-corrected chi connectivity index (χ2v) is 4.56. The number of ether oxygens (including phenoxy) is 2. The number of thiocarbonyl (C=S) groups is 1. The molecule has 0 spiro atoms. The van der Waals surface area contributed by atoms with E-state index >= 15 is 0 Å². The summed E-state index contributed by atoms with van der Waals surface area (Å²) in [5, 5.41) is 0. The van der Waals surface area contributed by atoms with Gasteiger partial charge in [0.05, 0.1) is 7.11 Å². The molecule has 0 aliphatic carbocycles. The van der Waals surface area contributed by atoms with E-state index in [1.807, 2.05) is 24.3 Å². The summed E-state index contributed by atoms with van der Waals surface area (Å²) in [5.74, 6) is 1.77. The highest BCUT2D eigenvalue weighted by atomic mass is 32.2. The molecule has 1 aliphatic rings. The number of thioether (sulfide) groups is 1. The van der Waals surface area contributed by atoms with Crippen LogP contribution in [0.5, 0.6) is 5.75 Å². The van der Waals surface area contributed by atoms with E-state index in [0.29, 0.717) is 4.38 Å². The van der Waals surface area contributed by atoms with Crippen molar-refractivity contribution in [3.05, 3.63) is 29.8 Å². The molecule has 2 rings (SSSR count). The molecule has 1 fully saturated rings. The lowest BCUT2D eigenvalue weighted by Gasteiger charge is -2.09. The Bertz CT molecular complexity index is 334. The molecule has 0 aromatic heterocycles. The molecule has 0 amide bonds.